The predicted molar refractivity (Wildman–Crippen MR) is 98.2 cm³/mol. The van der Waals surface area contributed by atoms with Gasteiger partial charge in [0.2, 0.25) is 5.91 Å². The molecule has 0 fully saturated rings. The van der Waals surface area contributed by atoms with Gasteiger partial charge in [0.05, 0.1) is 0 Å². The second-order valence-electron chi connectivity index (χ2n) is 6.88. The average molecular weight is 312 g/mol. The molecule has 2 nitrogen and oxygen atoms in total. The van der Waals surface area contributed by atoms with Crippen LogP contribution in [0, 0.1) is 5.92 Å². The zero-order valence-electron chi connectivity index (χ0n) is 15.8. The first-order valence-corrected chi connectivity index (χ1v) is 9.89. The van der Waals surface area contributed by atoms with Crippen LogP contribution in [-0.4, -0.2) is 24.4 Å². The molecule has 0 aliphatic heterocycles. The third kappa shape index (κ3) is 12.1. The molecule has 1 atom stereocenters. The molecule has 132 valence electrons. The van der Waals surface area contributed by atoms with Gasteiger partial charge in [0.1, 0.15) is 0 Å². The first-order valence-electron chi connectivity index (χ1n) is 9.89. The van der Waals surface area contributed by atoms with Gasteiger partial charge in [-0.1, -0.05) is 78.1 Å². The third-order valence-corrected chi connectivity index (χ3v) is 4.80. The average Bonchev–Trinajstić information content (AvgIpc) is 2.53. The van der Waals surface area contributed by atoms with Crippen LogP contribution in [0.5, 0.6) is 0 Å². The summed E-state index contributed by atoms with van der Waals surface area (Å²) in [5.74, 6) is 0.957. The highest BCUT2D eigenvalue weighted by molar-refractivity contribution is 5.76. The van der Waals surface area contributed by atoms with Crippen molar-refractivity contribution in [1.29, 1.82) is 0 Å². The van der Waals surface area contributed by atoms with Crippen LogP contribution in [0.2, 0.25) is 0 Å². The molecule has 0 aliphatic carbocycles. The van der Waals surface area contributed by atoms with E-state index in [1.54, 1.807) is 0 Å². The zero-order chi connectivity index (χ0) is 16.6. The molecule has 0 heterocycles. The van der Waals surface area contributed by atoms with E-state index in [1.165, 1.54) is 77.0 Å². The monoisotopic (exact) mass is 311 g/mol. The Morgan fingerprint density at radius 1 is 0.773 bits per heavy atom. The highest BCUT2D eigenvalue weighted by Crippen LogP contribution is 2.22. The highest BCUT2D eigenvalue weighted by Gasteiger charge is 2.15. The van der Waals surface area contributed by atoms with E-state index < -0.39 is 0 Å². The summed E-state index contributed by atoms with van der Waals surface area (Å²) in [7, 11) is 1.93. The van der Waals surface area contributed by atoms with E-state index in [-0.39, 0.29) is 0 Å². The van der Waals surface area contributed by atoms with E-state index in [2.05, 4.69) is 20.8 Å². The number of rotatable bonds is 15. The lowest BCUT2D eigenvalue weighted by Gasteiger charge is -2.20. The van der Waals surface area contributed by atoms with Crippen LogP contribution in [0.4, 0.5) is 0 Å². The van der Waals surface area contributed by atoms with E-state index in [0.29, 0.717) is 11.8 Å². The molecular weight excluding hydrogens is 270 g/mol. The van der Waals surface area contributed by atoms with Gasteiger partial charge in [-0.05, 0) is 25.7 Å². The van der Waals surface area contributed by atoms with Crippen LogP contribution >= 0.6 is 0 Å². The van der Waals surface area contributed by atoms with Crippen LogP contribution < -0.4 is 0 Å². The maximum absolute atomic E-state index is 12.2. The molecule has 0 rings (SSSR count). The molecule has 22 heavy (non-hydrogen) atoms. The van der Waals surface area contributed by atoms with Crippen molar-refractivity contribution in [2.45, 2.75) is 104 Å². The SMILES string of the molecule is CCCCCCCCC(CCCCCC)CC(=O)N(C)CC. The minimum absolute atomic E-state index is 0.342. The Morgan fingerprint density at radius 3 is 1.73 bits per heavy atom. The van der Waals surface area contributed by atoms with Crippen LogP contribution in [0.1, 0.15) is 104 Å². The van der Waals surface area contributed by atoms with Crippen molar-refractivity contribution in [3.8, 4) is 0 Å². The van der Waals surface area contributed by atoms with Gasteiger partial charge in [-0.15, -0.1) is 0 Å². The van der Waals surface area contributed by atoms with E-state index in [1.807, 2.05) is 11.9 Å². The quantitative estimate of drug-likeness (QED) is 0.330. The number of unbranched alkanes of at least 4 members (excludes halogenated alkanes) is 8. The van der Waals surface area contributed by atoms with Crippen molar-refractivity contribution in [1.82, 2.24) is 4.90 Å². The van der Waals surface area contributed by atoms with Crippen molar-refractivity contribution < 1.29 is 4.79 Å². The van der Waals surface area contributed by atoms with Crippen LogP contribution in [0.25, 0.3) is 0 Å². The topological polar surface area (TPSA) is 20.3 Å². The van der Waals surface area contributed by atoms with Crippen LogP contribution in [0.15, 0.2) is 0 Å². The number of hydrogen-bond donors (Lipinski definition) is 0. The molecule has 0 aromatic rings. The zero-order valence-corrected chi connectivity index (χ0v) is 15.8. The summed E-state index contributed by atoms with van der Waals surface area (Å²) in [5, 5.41) is 0. The summed E-state index contributed by atoms with van der Waals surface area (Å²) >= 11 is 0. The Morgan fingerprint density at radius 2 is 1.23 bits per heavy atom. The molecule has 0 saturated carbocycles. The molecule has 1 unspecified atom stereocenters. The van der Waals surface area contributed by atoms with Crippen LogP contribution in [-0.2, 0) is 4.79 Å². The molecule has 0 saturated heterocycles. The smallest absolute Gasteiger partial charge is 0.222 e. The lowest BCUT2D eigenvalue weighted by Crippen LogP contribution is -2.28. The van der Waals surface area contributed by atoms with E-state index in [0.717, 1.165) is 13.0 Å². The molecule has 0 spiro atoms. The lowest BCUT2D eigenvalue weighted by molar-refractivity contribution is -0.130. The van der Waals surface area contributed by atoms with Crippen molar-refractivity contribution in [2.24, 2.45) is 5.92 Å². The summed E-state index contributed by atoms with van der Waals surface area (Å²) in [4.78, 5) is 14.0. The maximum atomic E-state index is 12.2. The van der Waals surface area contributed by atoms with Gasteiger partial charge >= 0.3 is 0 Å². The van der Waals surface area contributed by atoms with Crippen molar-refractivity contribution in [2.75, 3.05) is 13.6 Å². The van der Waals surface area contributed by atoms with Gasteiger partial charge in [0.15, 0.2) is 0 Å². The van der Waals surface area contributed by atoms with Crippen LogP contribution in [0.3, 0.4) is 0 Å². The molecule has 0 aliphatic rings. The predicted octanol–water partition coefficient (Wildman–Crippen LogP) is 6.19. The minimum Gasteiger partial charge on any atom is -0.346 e. The molecule has 0 aromatic heterocycles. The minimum atomic E-state index is 0.342. The number of carbonyl (C=O) groups excluding carboxylic acids is 1. The van der Waals surface area contributed by atoms with E-state index in [9.17, 15) is 4.79 Å². The van der Waals surface area contributed by atoms with Gasteiger partial charge in [-0.25, -0.2) is 0 Å². The van der Waals surface area contributed by atoms with E-state index in [4.69, 9.17) is 0 Å². The summed E-state index contributed by atoms with van der Waals surface area (Å²) in [6.07, 6.45) is 16.6. The highest BCUT2D eigenvalue weighted by atomic mass is 16.2. The lowest BCUT2D eigenvalue weighted by atomic mass is 9.91. The normalized spacial score (nSPS) is 12.4. The van der Waals surface area contributed by atoms with Gasteiger partial charge in [-0.2, -0.15) is 0 Å². The van der Waals surface area contributed by atoms with E-state index >= 15 is 0 Å². The molecule has 0 bridgehead atoms. The number of nitrogens with zero attached hydrogens (tertiary/aromatic N) is 1. The summed E-state index contributed by atoms with van der Waals surface area (Å²) < 4.78 is 0. The van der Waals surface area contributed by atoms with Gasteiger partial charge in [0, 0.05) is 20.0 Å². The third-order valence-electron chi connectivity index (χ3n) is 4.80. The molecule has 0 N–H and O–H groups in total. The standard InChI is InChI=1S/C20H41NO/c1-5-8-10-12-13-15-17-19(16-14-11-9-6-2)18-20(22)21(4)7-3/h19H,5-18H2,1-4H3. The van der Waals surface area contributed by atoms with Crippen molar-refractivity contribution in [3.63, 3.8) is 0 Å². The first kappa shape index (κ1) is 21.5. The maximum Gasteiger partial charge on any atom is 0.222 e. The summed E-state index contributed by atoms with van der Waals surface area (Å²) in [6.45, 7) is 7.41. The van der Waals surface area contributed by atoms with Crippen molar-refractivity contribution in [3.05, 3.63) is 0 Å². The molecule has 0 aromatic carbocycles. The first-order chi connectivity index (χ1) is 10.7. The van der Waals surface area contributed by atoms with Gasteiger partial charge in [0.25, 0.3) is 0 Å². The number of amides is 1. The van der Waals surface area contributed by atoms with Gasteiger partial charge < -0.3 is 4.90 Å². The second kappa shape index (κ2) is 15.4. The molecule has 0 radical (unpaired) electrons. The largest absolute Gasteiger partial charge is 0.346 e. The summed E-state index contributed by atoms with van der Waals surface area (Å²) in [6, 6.07) is 0. The fraction of sp³-hybridized carbons (Fsp3) is 0.950. The Balaban J connectivity index is 4.02. The molecular formula is C20H41NO. The number of hydrogen-bond acceptors (Lipinski definition) is 1. The second-order valence-corrected chi connectivity index (χ2v) is 6.88. The number of carbonyl (C=O) groups is 1. The fourth-order valence-corrected chi connectivity index (χ4v) is 3.00. The Kier molecular flexibility index (Phi) is 15.0. The van der Waals surface area contributed by atoms with Crippen molar-refractivity contribution >= 4 is 5.91 Å². The molecule has 2 heteroatoms. The Hall–Kier alpha value is -0.530. The fourth-order valence-electron chi connectivity index (χ4n) is 3.00. The molecule has 1 amide bonds. The Bertz CT molecular complexity index is 252. The summed E-state index contributed by atoms with van der Waals surface area (Å²) in [5.41, 5.74) is 0. The Labute approximate surface area is 140 Å². The van der Waals surface area contributed by atoms with Gasteiger partial charge in [-0.3, -0.25) is 4.79 Å².